The number of nitrogens with one attached hydrogen (secondary N) is 1. The summed E-state index contributed by atoms with van der Waals surface area (Å²) in [5.74, 6) is 2.13. The van der Waals surface area contributed by atoms with E-state index in [0.717, 1.165) is 0 Å². The van der Waals surface area contributed by atoms with Crippen LogP contribution in [0, 0.1) is 0 Å². The van der Waals surface area contributed by atoms with Crippen molar-refractivity contribution in [2.45, 2.75) is 13.2 Å². The number of hydrogen-bond acceptors (Lipinski definition) is 7. The molecule has 3 rings (SSSR count). The summed E-state index contributed by atoms with van der Waals surface area (Å²) >= 11 is 0. The maximum Gasteiger partial charge on any atom is 0.264 e. The Hall–Kier alpha value is -3.55. The van der Waals surface area contributed by atoms with Gasteiger partial charge in [-0.05, 0) is 24.3 Å². The third kappa shape index (κ3) is 4.97. The third-order valence-electron chi connectivity index (χ3n) is 3.64. The number of para-hydroxylation sites is 1. The molecule has 0 radical (unpaired) electrons. The highest BCUT2D eigenvalue weighted by atomic mass is 16.5. The number of hydrogen-bond donors (Lipinski definition) is 1. The smallest absolute Gasteiger partial charge is 0.264 e. The van der Waals surface area contributed by atoms with E-state index in [2.05, 4.69) is 15.5 Å². The Balaban J connectivity index is 1.56. The number of carbonyl (C=O) groups excluding carboxylic acids is 1. The SMILES string of the molecule is COc1cc(OC)cc(C(=O)NCc2noc(COc3ccccc3)n2)c1. The molecule has 0 unspecified atom stereocenters. The van der Waals surface area contributed by atoms with Gasteiger partial charge in [0.2, 0.25) is 0 Å². The molecule has 0 fully saturated rings. The largest absolute Gasteiger partial charge is 0.497 e. The maximum absolute atomic E-state index is 12.3. The van der Waals surface area contributed by atoms with Crippen LogP contribution in [-0.4, -0.2) is 30.3 Å². The topological polar surface area (TPSA) is 95.7 Å². The number of methoxy groups -OCH3 is 2. The highest BCUT2D eigenvalue weighted by Gasteiger charge is 2.12. The number of amides is 1. The van der Waals surface area contributed by atoms with Crippen molar-refractivity contribution in [2.24, 2.45) is 0 Å². The maximum atomic E-state index is 12.3. The lowest BCUT2D eigenvalue weighted by atomic mass is 10.2. The Morgan fingerprint density at radius 1 is 1.04 bits per heavy atom. The van der Waals surface area contributed by atoms with E-state index in [1.807, 2.05) is 30.3 Å². The van der Waals surface area contributed by atoms with Gasteiger partial charge >= 0.3 is 0 Å². The molecule has 8 nitrogen and oxygen atoms in total. The van der Waals surface area contributed by atoms with Crippen molar-refractivity contribution in [3.05, 3.63) is 65.8 Å². The van der Waals surface area contributed by atoms with Crippen LogP contribution in [0.25, 0.3) is 0 Å². The number of carbonyl (C=O) groups is 1. The summed E-state index contributed by atoms with van der Waals surface area (Å²) < 4.78 is 21.0. The minimum Gasteiger partial charge on any atom is -0.497 e. The summed E-state index contributed by atoms with van der Waals surface area (Å²) in [5.41, 5.74) is 0.405. The molecule has 2 aromatic carbocycles. The van der Waals surface area contributed by atoms with E-state index in [4.69, 9.17) is 18.7 Å². The van der Waals surface area contributed by atoms with Crippen molar-refractivity contribution >= 4 is 5.91 Å². The molecule has 8 heteroatoms. The number of nitrogens with zero attached hydrogens (tertiary/aromatic N) is 2. The minimum atomic E-state index is -0.306. The van der Waals surface area contributed by atoms with Gasteiger partial charge in [0, 0.05) is 11.6 Å². The molecule has 0 saturated heterocycles. The zero-order valence-corrected chi connectivity index (χ0v) is 15.0. The molecule has 0 atom stereocenters. The third-order valence-corrected chi connectivity index (χ3v) is 3.64. The summed E-state index contributed by atoms with van der Waals surface area (Å²) in [7, 11) is 3.05. The van der Waals surface area contributed by atoms with Crippen molar-refractivity contribution in [1.82, 2.24) is 15.5 Å². The summed E-state index contributed by atoms with van der Waals surface area (Å²) in [5, 5.41) is 6.56. The van der Waals surface area contributed by atoms with E-state index in [1.54, 1.807) is 18.2 Å². The fourth-order valence-corrected chi connectivity index (χ4v) is 2.28. The quantitative estimate of drug-likeness (QED) is 0.652. The first-order chi connectivity index (χ1) is 13.2. The van der Waals surface area contributed by atoms with E-state index < -0.39 is 0 Å². The Morgan fingerprint density at radius 3 is 2.41 bits per heavy atom. The van der Waals surface area contributed by atoms with Gasteiger partial charge < -0.3 is 24.1 Å². The first-order valence-corrected chi connectivity index (χ1v) is 8.18. The molecule has 3 aromatic rings. The fourth-order valence-electron chi connectivity index (χ4n) is 2.28. The van der Waals surface area contributed by atoms with Gasteiger partial charge in [-0.1, -0.05) is 23.4 Å². The molecule has 27 heavy (non-hydrogen) atoms. The first kappa shape index (κ1) is 18.2. The lowest BCUT2D eigenvalue weighted by Gasteiger charge is -2.08. The number of ether oxygens (including phenoxy) is 3. The van der Waals surface area contributed by atoms with Gasteiger partial charge in [0.05, 0.1) is 20.8 Å². The Morgan fingerprint density at radius 2 is 1.74 bits per heavy atom. The second-order valence-corrected chi connectivity index (χ2v) is 5.49. The summed E-state index contributed by atoms with van der Waals surface area (Å²) in [6.45, 7) is 0.269. The van der Waals surface area contributed by atoms with E-state index >= 15 is 0 Å². The van der Waals surface area contributed by atoms with Gasteiger partial charge in [0.1, 0.15) is 17.2 Å². The Labute approximate surface area is 156 Å². The van der Waals surface area contributed by atoms with Gasteiger partial charge in [-0.25, -0.2) is 0 Å². The molecular weight excluding hydrogens is 350 g/mol. The predicted octanol–water partition coefficient (Wildman–Crippen LogP) is 2.60. The van der Waals surface area contributed by atoms with E-state index in [1.165, 1.54) is 14.2 Å². The standard InChI is InChI=1S/C19H19N3O5/c1-24-15-8-13(9-16(10-15)25-2)19(23)20-11-17-21-18(27-22-17)12-26-14-6-4-3-5-7-14/h3-10H,11-12H2,1-2H3,(H,20,23). The molecule has 0 aliphatic rings. The van der Waals surface area contributed by atoms with Crippen LogP contribution in [0.1, 0.15) is 22.1 Å². The normalized spacial score (nSPS) is 10.3. The van der Waals surface area contributed by atoms with Crippen LogP contribution in [0.4, 0.5) is 0 Å². The zero-order valence-electron chi connectivity index (χ0n) is 15.0. The average molecular weight is 369 g/mol. The lowest BCUT2D eigenvalue weighted by Crippen LogP contribution is -2.23. The molecule has 0 aliphatic carbocycles. The fraction of sp³-hybridized carbons (Fsp3) is 0.211. The van der Waals surface area contributed by atoms with Gasteiger partial charge in [0.15, 0.2) is 12.4 Å². The van der Waals surface area contributed by atoms with Gasteiger partial charge in [-0.15, -0.1) is 0 Å². The second kappa shape index (κ2) is 8.70. The molecule has 1 heterocycles. The van der Waals surface area contributed by atoms with Crippen LogP contribution in [-0.2, 0) is 13.2 Å². The summed E-state index contributed by atoms with van der Waals surface area (Å²) in [4.78, 5) is 16.5. The van der Waals surface area contributed by atoms with Crippen LogP contribution < -0.4 is 19.5 Å². The molecule has 0 spiro atoms. The lowest BCUT2D eigenvalue weighted by molar-refractivity contribution is 0.0949. The number of rotatable bonds is 8. The van der Waals surface area contributed by atoms with Crippen molar-refractivity contribution < 1.29 is 23.5 Å². The molecule has 0 aliphatic heterocycles. The molecule has 1 amide bonds. The van der Waals surface area contributed by atoms with E-state index in [9.17, 15) is 4.79 Å². The molecule has 140 valence electrons. The molecule has 0 saturated carbocycles. The van der Waals surface area contributed by atoms with Crippen LogP contribution in [0.3, 0.4) is 0 Å². The van der Waals surface area contributed by atoms with Gasteiger partial charge in [-0.3, -0.25) is 4.79 Å². The summed E-state index contributed by atoms with van der Waals surface area (Å²) in [6, 6.07) is 14.2. The van der Waals surface area contributed by atoms with Crippen LogP contribution in [0.5, 0.6) is 17.2 Å². The molecule has 0 bridgehead atoms. The van der Waals surface area contributed by atoms with E-state index in [0.29, 0.717) is 34.5 Å². The van der Waals surface area contributed by atoms with Crippen molar-refractivity contribution in [3.63, 3.8) is 0 Å². The Kier molecular flexibility index (Phi) is 5.88. The van der Waals surface area contributed by atoms with Crippen LogP contribution >= 0.6 is 0 Å². The van der Waals surface area contributed by atoms with Crippen molar-refractivity contribution in [2.75, 3.05) is 14.2 Å². The zero-order chi connectivity index (χ0) is 19.1. The highest BCUT2D eigenvalue weighted by molar-refractivity contribution is 5.95. The number of benzene rings is 2. The van der Waals surface area contributed by atoms with Crippen molar-refractivity contribution in [3.8, 4) is 17.2 Å². The predicted molar refractivity (Wildman–Crippen MR) is 95.8 cm³/mol. The first-order valence-electron chi connectivity index (χ1n) is 8.18. The monoisotopic (exact) mass is 369 g/mol. The number of aromatic nitrogens is 2. The average Bonchev–Trinajstić information content (AvgIpc) is 3.18. The highest BCUT2D eigenvalue weighted by Crippen LogP contribution is 2.22. The van der Waals surface area contributed by atoms with Crippen LogP contribution in [0.15, 0.2) is 53.1 Å². The van der Waals surface area contributed by atoms with E-state index in [-0.39, 0.29) is 19.1 Å². The second-order valence-electron chi connectivity index (χ2n) is 5.49. The van der Waals surface area contributed by atoms with Crippen LogP contribution in [0.2, 0.25) is 0 Å². The molecule has 1 aromatic heterocycles. The molecule has 1 N–H and O–H groups in total. The van der Waals surface area contributed by atoms with Gasteiger partial charge in [-0.2, -0.15) is 4.98 Å². The Bertz CT molecular complexity index is 873. The minimum absolute atomic E-state index is 0.118. The summed E-state index contributed by atoms with van der Waals surface area (Å²) in [6.07, 6.45) is 0. The molecular formula is C19H19N3O5. The van der Waals surface area contributed by atoms with Crippen molar-refractivity contribution in [1.29, 1.82) is 0 Å². The van der Waals surface area contributed by atoms with Gasteiger partial charge in [0.25, 0.3) is 11.8 Å².